The van der Waals surface area contributed by atoms with Crippen molar-refractivity contribution in [2.45, 2.75) is 52.1 Å². The third-order valence-electron chi connectivity index (χ3n) is 4.67. The van der Waals surface area contributed by atoms with Gasteiger partial charge in [0, 0.05) is 31.9 Å². The number of aliphatic hydroxyl groups is 1. The number of carbonyl (C=O) groups excluding carboxylic acids is 2. The Labute approximate surface area is 172 Å². The lowest BCUT2D eigenvalue weighted by Gasteiger charge is -2.33. The topological polar surface area (TPSA) is 101 Å². The highest BCUT2D eigenvalue weighted by Crippen LogP contribution is 2.23. The molecule has 1 aromatic rings. The Morgan fingerprint density at radius 3 is 2.59 bits per heavy atom. The van der Waals surface area contributed by atoms with Crippen LogP contribution in [0.4, 0.5) is 4.79 Å². The third kappa shape index (κ3) is 8.27. The zero-order valence-corrected chi connectivity index (χ0v) is 17.6. The van der Waals surface area contributed by atoms with Crippen LogP contribution in [-0.4, -0.2) is 65.4 Å². The molecule has 1 saturated heterocycles. The minimum Gasteiger partial charge on any atom is -0.478 e. The molecular formula is C21H33N3O5. The van der Waals surface area contributed by atoms with Crippen molar-refractivity contribution in [3.05, 3.63) is 23.9 Å². The fourth-order valence-corrected chi connectivity index (χ4v) is 3.15. The molecule has 162 valence electrons. The highest BCUT2D eigenvalue weighted by molar-refractivity contribution is 5.93. The molecule has 0 radical (unpaired) electrons. The monoisotopic (exact) mass is 407 g/mol. The molecule has 2 rings (SSSR count). The summed E-state index contributed by atoms with van der Waals surface area (Å²) in [4.78, 5) is 29.8. The van der Waals surface area contributed by atoms with Gasteiger partial charge in [0.05, 0.1) is 18.8 Å². The van der Waals surface area contributed by atoms with E-state index in [1.807, 2.05) is 20.8 Å². The summed E-state index contributed by atoms with van der Waals surface area (Å²) in [5.74, 6) is 0.808. The van der Waals surface area contributed by atoms with Crippen LogP contribution in [0.25, 0.3) is 0 Å². The van der Waals surface area contributed by atoms with Gasteiger partial charge in [-0.15, -0.1) is 0 Å². The van der Waals surface area contributed by atoms with Crippen LogP contribution in [0.5, 0.6) is 5.88 Å². The number of pyridine rings is 1. The molecule has 29 heavy (non-hydrogen) atoms. The predicted molar refractivity (Wildman–Crippen MR) is 109 cm³/mol. The summed E-state index contributed by atoms with van der Waals surface area (Å²) in [6.07, 6.45) is 5.17. The smallest absolute Gasteiger partial charge is 0.410 e. The van der Waals surface area contributed by atoms with Crippen molar-refractivity contribution < 1.29 is 24.2 Å². The fourth-order valence-electron chi connectivity index (χ4n) is 3.15. The number of nitrogens with one attached hydrogen (secondary N) is 1. The molecule has 0 atom stereocenters. The predicted octanol–water partition coefficient (Wildman–Crippen LogP) is 2.61. The van der Waals surface area contributed by atoms with Crippen LogP contribution in [0.2, 0.25) is 0 Å². The number of rotatable bonds is 8. The first-order valence-corrected chi connectivity index (χ1v) is 10.2. The number of amides is 2. The Hall–Kier alpha value is -2.35. The first-order valence-electron chi connectivity index (χ1n) is 10.2. The highest BCUT2D eigenvalue weighted by atomic mass is 16.6. The zero-order valence-electron chi connectivity index (χ0n) is 17.6. The maximum atomic E-state index is 12.1. The van der Waals surface area contributed by atoms with E-state index in [4.69, 9.17) is 14.6 Å². The van der Waals surface area contributed by atoms with Crippen LogP contribution < -0.4 is 10.1 Å². The first kappa shape index (κ1) is 22.9. The van der Waals surface area contributed by atoms with Gasteiger partial charge in [-0.05, 0) is 58.4 Å². The molecule has 2 N–H and O–H groups in total. The van der Waals surface area contributed by atoms with E-state index in [1.54, 1.807) is 17.0 Å². The second-order valence-electron chi connectivity index (χ2n) is 8.27. The van der Waals surface area contributed by atoms with Crippen molar-refractivity contribution in [1.29, 1.82) is 0 Å². The first-order chi connectivity index (χ1) is 13.8. The van der Waals surface area contributed by atoms with Crippen molar-refractivity contribution in [3.8, 4) is 5.88 Å². The van der Waals surface area contributed by atoms with Crippen LogP contribution in [0.1, 0.15) is 56.8 Å². The van der Waals surface area contributed by atoms with Crippen LogP contribution in [0.15, 0.2) is 18.3 Å². The van der Waals surface area contributed by atoms with Gasteiger partial charge >= 0.3 is 6.09 Å². The van der Waals surface area contributed by atoms with Gasteiger partial charge in [0.2, 0.25) is 5.88 Å². The SMILES string of the molecule is CC(C)(C)OC(=O)N1CCC(CCCOc2ccc(C(=O)NCCO)cn2)CC1. The number of piperidine rings is 1. The molecule has 2 amide bonds. The number of aromatic nitrogens is 1. The summed E-state index contributed by atoms with van der Waals surface area (Å²) >= 11 is 0. The van der Waals surface area contributed by atoms with Crippen molar-refractivity contribution in [1.82, 2.24) is 15.2 Å². The Balaban J connectivity index is 1.62. The van der Waals surface area contributed by atoms with Crippen LogP contribution in [0, 0.1) is 5.92 Å². The number of nitrogens with zero attached hydrogens (tertiary/aromatic N) is 2. The molecule has 1 aromatic heterocycles. The Morgan fingerprint density at radius 2 is 2.00 bits per heavy atom. The summed E-state index contributed by atoms with van der Waals surface area (Å²) < 4.78 is 11.1. The quantitative estimate of drug-likeness (QED) is 0.643. The molecule has 0 unspecified atom stereocenters. The van der Waals surface area contributed by atoms with Crippen molar-refractivity contribution >= 4 is 12.0 Å². The summed E-state index contributed by atoms with van der Waals surface area (Å²) in [5, 5.41) is 11.3. The lowest BCUT2D eigenvalue weighted by molar-refractivity contribution is 0.0179. The standard InChI is InChI=1S/C21H33N3O5/c1-21(2,3)29-20(27)24-11-8-16(9-12-24)5-4-14-28-18-7-6-17(15-23-18)19(26)22-10-13-25/h6-7,15-16,25H,4-5,8-14H2,1-3H3,(H,22,26). The van der Waals surface area contributed by atoms with Gasteiger partial charge in [-0.1, -0.05) is 0 Å². The third-order valence-corrected chi connectivity index (χ3v) is 4.67. The maximum absolute atomic E-state index is 12.1. The van der Waals surface area contributed by atoms with Crippen molar-refractivity contribution in [2.24, 2.45) is 5.92 Å². The second kappa shape index (κ2) is 11.0. The van der Waals surface area contributed by atoms with E-state index in [9.17, 15) is 9.59 Å². The molecule has 0 saturated carbocycles. The van der Waals surface area contributed by atoms with Crippen molar-refractivity contribution in [3.63, 3.8) is 0 Å². The van der Waals surface area contributed by atoms with Gasteiger partial charge in [0.25, 0.3) is 5.91 Å². The van der Waals surface area contributed by atoms with E-state index in [0.29, 0.717) is 24.0 Å². The fraction of sp³-hybridized carbons (Fsp3) is 0.667. The molecule has 1 aliphatic rings. The number of hydrogen-bond donors (Lipinski definition) is 2. The van der Waals surface area contributed by atoms with E-state index < -0.39 is 5.60 Å². The number of likely N-dealkylation sites (tertiary alicyclic amines) is 1. The number of hydrogen-bond acceptors (Lipinski definition) is 6. The molecular weight excluding hydrogens is 374 g/mol. The summed E-state index contributed by atoms with van der Waals surface area (Å²) in [5.41, 5.74) is -0.0247. The van der Waals surface area contributed by atoms with E-state index in [1.165, 1.54) is 6.20 Å². The van der Waals surface area contributed by atoms with Crippen LogP contribution in [0.3, 0.4) is 0 Å². The minimum absolute atomic E-state index is 0.0968. The average Bonchev–Trinajstić information content (AvgIpc) is 2.69. The van der Waals surface area contributed by atoms with Gasteiger partial charge in [0.1, 0.15) is 5.60 Å². The van der Waals surface area contributed by atoms with Gasteiger partial charge < -0.3 is 24.8 Å². The Kier molecular flexibility index (Phi) is 8.70. The van der Waals surface area contributed by atoms with E-state index >= 15 is 0 Å². The largest absolute Gasteiger partial charge is 0.478 e. The lowest BCUT2D eigenvalue weighted by atomic mass is 9.92. The maximum Gasteiger partial charge on any atom is 0.410 e. The number of ether oxygens (including phenoxy) is 2. The van der Waals surface area contributed by atoms with Gasteiger partial charge in [-0.25, -0.2) is 9.78 Å². The Morgan fingerprint density at radius 1 is 1.28 bits per heavy atom. The van der Waals surface area contributed by atoms with E-state index in [-0.39, 0.29) is 25.2 Å². The van der Waals surface area contributed by atoms with E-state index in [2.05, 4.69) is 10.3 Å². The summed E-state index contributed by atoms with van der Waals surface area (Å²) in [6.45, 7) is 7.80. The molecule has 1 fully saturated rings. The van der Waals surface area contributed by atoms with E-state index in [0.717, 1.165) is 38.8 Å². The molecule has 0 spiro atoms. The molecule has 0 aromatic carbocycles. The van der Waals surface area contributed by atoms with Crippen molar-refractivity contribution in [2.75, 3.05) is 32.8 Å². The normalized spacial score (nSPS) is 15.1. The van der Waals surface area contributed by atoms with Crippen LogP contribution >= 0.6 is 0 Å². The zero-order chi connectivity index (χ0) is 21.3. The average molecular weight is 408 g/mol. The molecule has 1 aliphatic heterocycles. The minimum atomic E-state index is -0.458. The lowest BCUT2D eigenvalue weighted by Crippen LogP contribution is -2.41. The number of aliphatic hydroxyl groups excluding tert-OH is 1. The van der Waals surface area contributed by atoms with Gasteiger partial charge in [-0.2, -0.15) is 0 Å². The van der Waals surface area contributed by atoms with Gasteiger partial charge in [0.15, 0.2) is 0 Å². The molecule has 0 aliphatic carbocycles. The number of carbonyl (C=O) groups is 2. The molecule has 8 nitrogen and oxygen atoms in total. The summed E-state index contributed by atoms with van der Waals surface area (Å²) in [7, 11) is 0. The summed E-state index contributed by atoms with van der Waals surface area (Å²) in [6, 6.07) is 3.33. The van der Waals surface area contributed by atoms with Crippen LogP contribution in [-0.2, 0) is 4.74 Å². The Bertz CT molecular complexity index is 649. The molecule has 2 heterocycles. The van der Waals surface area contributed by atoms with Gasteiger partial charge in [-0.3, -0.25) is 4.79 Å². The highest BCUT2D eigenvalue weighted by Gasteiger charge is 2.26. The molecule has 8 heteroatoms. The molecule has 0 bridgehead atoms. The second-order valence-corrected chi connectivity index (χ2v) is 8.27.